The fourth-order valence-electron chi connectivity index (χ4n) is 3.46. The Morgan fingerprint density at radius 1 is 1.04 bits per heavy atom. The van der Waals surface area contributed by atoms with Gasteiger partial charge in [0.1, 0.15) is 0 Å². The first-order chi connectivity index (χ1) is 12.1. The Hall–Kier alpha value is -0.690. The van der Waals surface area contributed by atoms with Crippen molar-refractivity contribution in [2.75, 3.05) is 52.5 Å². The first-order valence-electron chi connectivity index (χ1n) is 9.93. The predicted octanol–water partition coefficient (Wildman–Crippen LogP) is 1.92. The Morgan fingerprint density at radius 3 is 2.44 bits per heavy atom. The first kappa shape index (κ1) is 20.6. The molecule has 2 fully saturated rings. The van der Waals surface area contributed by atoms with Crippen molar-refractivity contribution in [3.05, 3.63) is 0 Å². The molecule has 2 heterocycles. The van der Waals surface area contributed by atoms with E-state index in [4.69, 9.17) is 14.2 Å². The standard InChI is InChI=1S/C19H36N2O4/c1-4-20-9-5-17(6-10-20)25-18-7-11-21(15-18)19(22)8-12-23-13-14-24-16(2)3/h16-18H,4-15H2,1-3H3. The van der Waals surface area contributed by atoms with Gasteiger partial charge in [-0.05, 0) is 39.7 Å². The van der Waals surface area contributed by atoms with Crippen molar-refractivity contribution in [1.29, 1.82) is 0 Å². The average molecular weight is 357 g/mol. The third-order valence-corrected chi connectivity index (χ3v) is 5.00. The second-order valence-electron chi connectivity index (χ2n) is 7.30. The summed E-state index contributed by atoms with van der Waals surface area (Å²) < 4.78 is 17.1. The summed E-state index contributed by atoms with van der Waals surface area (Å²) in [5, 5.41) is 0. The Kier molecular flexibility index (Phi) is 9.17. The van der Waals surface area contributed by atoms with E-state index >= 15 is 0 Å². The number of carbonyl (C=O) groups excluding carboxylic acids is 1. The molecule has 2 aliphatic heterocycles. The summed E-state index contributed by atoms with van der Waals surface area (Å²) in [4.78, 5) is 16.7. The van der Waals surface area contributed by atoms with Gasteiger partial charge in [0.05, 0.1) is 44.6 Å². The summed E-state index contributed by atoms with van der Waals surface area (Å²) in [6, 6.07) is 0. The summed E-state index contributed by atoms with van der Waals surface area (Å²) in [7, 11) is 0. The molecule has 2 aliphatic rings. The highest BCUT2D eigenvalue weighted by molar-refractivity contribution is 5.76. The van der Waals surface area contributed by atoms with Gasteiger partial charge in [-0.3, -0.25) is 4.79 Å². The zero-order valence-corrected chi connectivity index (χ0v) is 16.2. The fourth-order valence-corrected chi connectivity index (χ4v) is 3.46. The van der Waals surface area contributed by atoms with Crippen LogP contribution >= 0.6 is 0 Å². The molecule has 0 aromatic carbocycles. The number of rotatable bonds is 10. The second-order valence-corrected chi connectivity index (χ2v) is 7.30. The van der Waals surface area contributed by atoms with E-state index in [1.54, 1.807) is 0 Å². The smallest absolute Gasteiger partial charge is 0.224 e. The molecule has 0 aromatic heterocycles. The Labute approximate surface area is 152 Å². The maximum absolute atomic E-state index is 12.3. The highest BCUT2D eigenvalue weighted by atomic mass is 16.5. The summed E-state index contributed by atoms with van der Waals surface area (Å²) in [6.45, 7) is 12.8. The molecule has 6 nitrogen and oxygen atoms in total. The lowest BCUT2D eigenvalue weighted by atomic mass is 10.1. The molecule has 25 heavy (non-hydrogen) atoms. The zero-order valence-electron chi connectivity index (χ0n) is 16.2. The van der Waals surface area contributed by atoms with Crippen molar-refractivity contribution < 1.29 is 19.0 Å². The van der Waals surface area contributed by atoms with Crippen LogP contribution in [0, 0.1) is 0 Å². The fraction of sp³-hybridized carbons (Fsp3) is 0.947. The van der Waals surface area contributed by atoms with Crippen molar-refractivity contribution in [3.63, 3.8) is 0 Å². The first-order valence-corrected chi connectivity index (χ1v) is 9.93. The number of hydrogen-bond acceptors (Lipinski definition) is 5. The van der Waals surface area contributed by atoms with Gasteiger partial charge >= 0.3 is 0 Å². The number of likely N-dealkylation sites (tertiary alicyclic amines) is 2. The summed E-state index contributed by atoms with van der Waals surface area (Å²) in [6.07, 6.45) is 4.44. The van der Waals surface area contributed by atoms with Gasteiger partial charge in [0.15, 0.2) is 0 Å². The largest absolute Gasteiger partial charge is 0.379 e. The molecule has 0 aromatic rings. The molecule has 0 radical (unpaired) electrons. The Morgan fingerprint density at radius 2 is 1.76 bits per heavy atom. The lowest BCUT2D eigenvalue weighted by molar-refractivity contribution is -0.132. The number of carbonyl (C=O) groups is 1. The van der Waals surface area contributed by atoms with Crippen LogP contribution in [-0.4, -0.2) is 86.6 Å². The second kappa shape index (κ2) is 11.1. The maximum Gasteiger partial charge on any atom is 0.224 e. The van der Waals surface area contributed by atoms with Crippen LogP contribution in [0.1, 0.15) is 46.5 Å². The number of piperidine rings is 1. The number of ether oxygens (including phenoxy) is 3. The highest BCUT2D eigenvalue weighted by Crippen LogP contribution is 2.20. The van der Waals surface area contributed by atoms with Crippen LogP contribution in [0.5, 0.6) is 0 Å². The molecule has 1 atom stereocenters. The van der Waals surface area contributed by atoms with E-state index in [1.807, 2.05) is 18.7 Å². The van der Waals surface area contributed by atoms with Gasteiger partial charge in [-0.15, -0.1) is 0 Å². The molecule has 0 bridgehead atoms. The maximum atomic E-state index is 12.3. The lowest BCUT2D eigenvalue weighted by Gasteiger charge is -2.32. The van der Waals surface area contributed by atoms with Crippen molar-refractivity contribution in [3.8, 4) is 0 Å². The van der Waals surface area contributed by atoms with E-state index in [9.17, 15) is 4.79 Å². The number of amides is 1. The van der Waals surface area contributed by atoms with E-state index in [-0.39, 0.29) is 18.1 Å². The number of nitrogens with zero attached hydrogens (tertiary/aromatic N) is 2. The van der Waals surface area contributed by atoms with Crippen LogP contribution in [0.2, 0.25) is 0 Å². The van der Waals surface area contributed by atoms with Gasteiger partial charge in [-0.1, -0.05) is 6.92 Å². The van der Waals surface area contributed by atoms with E-state index in [0.29, 0.717) is 32.3 Å². The average Bonchev–Trinajstić information content (AvgIpc) is 3.07. The van der Waals surface area contributed by atoms with E-state index < -0.39 is 0 Å². The molecule has 0 saturated carbocycles. The van der Waals surface area contributed by atoms with Gasteiger partial charge in [0.25, 0.3) is 0 Å². The summed E-state index contributed by atoms with van der Waals surface area (Å²) >= 11 is 0. The van der Waals surface area contributed by atoms with Crippen molar-refractivity contribution in [2.45, 2.75) is 64.8 Å². The van der Waals surface area contributed by atoms with Crippen LogP contribution in [0.4, 0.5) is 0 Å². The third kappa shape index (κ3) is 7.60. The van der Waals surface area contributed by atoms with E-state index in [1.165, 1.54) is 0 Å². The molecule has 0 aliphatic carbocycles. The molecule has 0 N–H and O–H groups in total. The van der Waals surface area contributed by atoms with E-state index in [0.717, 1.165) is 52.0 Å². The quantitative estimate of drug-likeness (QED) is 0.560. The van der Waals surface area contributed by atoms with Gasteiger partial charge < -0.3 is 24.0 Å². The molecule has 2 rings (SSSR count). The van der Waals surface area contributed by atoms with Crippen LogP contribution in [0.3, 0.4) is 0 Å². The highest BCUT2D eigenvalue weighted by Gasteiger charge is 2.29. The van der Waals surface area contributed by atoms with Crippen molar-refractivity contribution >= 4 is 5.91 Å². The van der Waals surface area contributed by atoms with Crippen LogP contribution in [0.25, 0.3) is 0 Å². The third-order valence-electron chi connectivity index (χ3n) is 5.00. The molecule has 1 amide bonds. The number of hydrogen-bond donors (Lipinski definition) is 0. The van der Waals surface area contributed by atoms with Crippen molar-refractivity contribution in [2.24, 2.45) is 0 Å². The molecule has 2 saturated heterocycles. The monoisotopic (exact) mass is 356 g/mol. The Balaban J connectivity index is 1.55. The lowest BCUT2D eigenvalue weighted by Crippen LogP contribution is -2.39. The van der Waals surface area contributed by atoms with E-state index in [2.05, 4.69) is 11.8 Å². The van der Waals surface area contributed by atoms with Crippen LogP contribution < -0.4 is 0 Å². The van der Waals surface area contributed by atoms with Gasteiger partial charge in [-0.2, -0.15) is 0 Å². The minimum absolute atomic E-state index is 0.177. The van der Waals surface area contributed by atoms with Crippen LogP contribution in [0.15, 0.2) is 0 Å². The van der Waals surface area contributed by atoms with Crippen LogP contribution in [-0.2, 0) is 19.0 Å². The summed E-state index contributed by atoms with van der Waals surface area (Å²) in [5.41, 5.74) is 0. The van der Waals surface area contributed by atoms with Crippen molar-refractivity contribution in [1.82, 2.24) is 9.80 Å². The summed E-state index contributed by atoms with van der Waals surface area (Å²) in [5.74, 6) is 0.177. The molecule has 0 spiro atoms. The molecular formula is C19H36N2O4. The predicted molar refractivity (Wildman–Crippen MR) is 97.7 cm³/mol. The molecule has 1 unspecified atom stereocenters. The minimum Gasteiger partial charge on any atom is -0.379 e. The molecule has 6 heteroatoms. The zero-order chi connectivity index (χ0) is 18.1. The normalized spacial score (nSPS) is 22.9. The minimum atomic E-state index is 0.177. The van der Waals surface area contributed by atoms with Gasteiger partial charge in [0.2, 0.25) is 5.91 Å². The van der Waals surface area contributed by atoms with Gasteiger partial charge in [-0.25, -0.2) is 0 Å². The molecular weight excluding hydrogens is 320 g/mol. The van der Waals surface area contributed by atoms with Gasteiger partial charge in [0, 0.05) is 26.2 Å². The topological polar surface area (TPSA) is 51.2 Å². The molecule has 146 valence electrons. The SMILES string of the molecule is CCN1CCC(OC2CCN(C(=O)CCOCCOC(C)C)C2)CC1. The Bertz CT molecular complexity index is 384.